The first-order chi connectivity index (χ1) is 12.6. The second-order valence-corrected chi connectivity index (χ2v) is 7.29. The average Bonchev–Trinajstić information content (AvgIpc) is 3.27. The minimum Gasteiger partial charge on any atom is -0.467 e. The molecule has 1 aliphatic rings. The molecule has 3 rings (SSSR count). The summed E-state index contributed by atoms with van der Waals surface area (Å²) >= 11 is 1.56. The smallest absolute Gasteiger partial charge is 0.225 e. The molecule has 2 aromatic rings. The van der Waals surface area contributed by atoms with Crippen molar-refractivity contribution >= 4 is 23.6 Å². The zero-order chi connectivity index (χ0) is 18.4. The van der Waals surface area contributed by atoms with Crippen LogP contribution in [-0.4, -0.2) is 35.6 Å². The largest absolute Gasteiger partial charge is 0.467 e. The molecule has 138 valence electrons. The molecular weight excluding hydrogens is 355 g/mol. The summed E-state index contributed by atoms with van der Waals surface area (Å²) < 4.78 is 18.8. The summed E-state index contributed by atoms with van der Waals surface area (Å²) in [5.41, 5.74) is 0.666. The van der Waals surface area contributed by atoms with E-state index in [9.17, 15) is 14.0 Å². The topological polar surface area (TPSA) is 62.6 Å². The number of furan rings is 1. The zero-order valence-corrected chi connectivity index (χ0v) is 15.1. The summed E-state index contributed by atoms with van der Waals surface area (Å²) in [6.07, 6.45) is 1.80. The first-order valence-corrected chi connectivity index (χ1v) is 9.68. The molecule has 26 heavy (non-hydrogen) atoms. The van der Waals surface area contributed by atoms with Crippen LogP contribution in [0.25, 0.3) is 0 Å². The van der Waals surface area contributed by atoms with Crippen LogP contribution in [0.15, 0.2) is 47.1 Å². The van der Waals surface area contributed by atoms with Crippen LogP contribution in [0.2, 0.25) is 0 Å². The van der Waals surface area contributed by atoms with Crippen LogP contribution >= 0.6 is 11.8 Å². The predicted octanol–water partition coefficient (Wildman–Crippen LogP) is 2.82. The van der Waals surface area contributed by atoms with Crippen LogP contribution in [-0.2, 0) is 21.9 Å². The second-order valence-electron chi connectivity index (χ2n) is 6.19. The fourth-order valence-electron chi connectivity index (χ4n) is 2.88. The van der Waals surface area contributed by atoms with Gasteiger partial charge in [0.2, 0.25) is 11.8 Å². The Morgan fingerprint density at radius 3 is 2.92 bits per heavy atom. The lowest BCUT2D eigenvalue weighted by Gasteiger charge is -2.15. The van der Waals surface area contributed by atoms with Crippen LogP contribution in [0.3, 0.4) is 0 Å². The molecule has 0 spiro atoms. The molecule has 1 aliphatic heterocycles. The number of hydrogen-bond acceptors (Lipinski definition) is 4. The highest BCUT2D eigenvalue weighted by Crippen LogP contribution is 2.21. The van der Waals surface area contributed by atoms with Gasteiger partial charge in [0.15, 0.2) is 0 Å². The van der Waals surface area contributed by atoms with Gasteiger partial charge in [0.1, 0.15) is 11.6 Å². The first-order valence-electron chi connectivity index (χ1n) is 8.52. The summed E-state index contributed by atoms with van der Waals surface area (Å²) in [7, 11) is 0. The van der Waals surface area contributed by atoms with Crippen molar-refractivity contribution in [1.82, 2.24) is 10.2 Å². The number of halogens is 1. The van der Waals surface area contributed by atoms with Gasteiger partial charge in [-0.25, -0.2) is 4.39 Å². The van der Waals surface area contributed by atoms with Crippen molar-refractivity contribution < 1.29 is 18.4 Å². The van der Waals surface area contributed by atoms with Crippen LogP contribution in [0.1, 0.15) is 17.7 Å². The van der Waals surface area contributed by atoms with Crippen molar-refractivity contribution in [2.45, 2.75) is 18.7 Å². The Bertz CT molecular complexity index is 751. The molecule has 1 aromatic heterocycles. The molecule has 0 bridgehead atoms. The molecule has 2 heterocycles. The Kier molecular flexibility index (Phi) is 6.33. The van der Waals surface area contributed by atoms with Crippen LogP contribution < -0.4 is 5.32 Å². The summed E-state index contributed by atoms with van der Waals surface area (Å²) in [6.45, 7) is 1.31. The lowest BCUT2D eigenvalue weighted by Crippen LogP contribution is -2.34. The SMILES string of the molecule is O=C(NCCSCc1ccccc1F)C1CC(=O)N(Cc2ccco2)C1. The van der Waals surface area contributed by atoms with Crippen molar-refractivity contribution in [3.8, 4) is 0 Å². The van der Waals surface area contributed by atoms with Crippen molar-refractivity contribution in [2.24, 2.45) is 5.92 Å². The fourth-order valence-corrected chi connectivity index (χ4v) is 3.72. The minimum atomic E-state index is -0.325. The van der Waals surface area contributed by atoms with E-state index >= 15 is 0 Å². The van der Waals surface area contributed by atoms with Gasteiger partial charge in [0, 0.05) is 31.0 Å². The Balaban J connectivity index is 1.36. The van der Waals surface area contributed by atoms with Gasteiger partial charge in [-0.15, -0.1) is 0 Å². The molecule has 0 saturated carbocycles. The third-order valence-electron chi connectivity index (χ3n) is 4.27. The predicted molar refractivity (Wildman–Crippen MR) is 97.8 cm³/mol. The highest BCUT2D eigenvalue weighted by molar-refractivity contribution is 7.98. The van der Waals surface area contributed by atoms with Crippen LogP contribution in [0.4, 0.5) is 4.39 Å². The fraction of sp³-hybridized carbons (Fsp3) is 0.368. The number of thioether (sulfide) groups is 1. The Hall–Kier alpha value is -2.28. The van der Waals surface area contributed by atoms with E-state index in [1.165, 1.54) is 6.07 Å². The van der Waals surface area contributed by atoms with Crippen molar-refractivity contribution in [3.05, 3.63) is 59.8 Å². The van der Waals surface area contributed by atoms with E-state index in [1.54, 1.807) is 41.1 Å². The lowest BCUT2D eigenvalue weighted by atomic mass is 10.1. The van der Waals surface area contributed by atoms with Gasteiger partial charge >= 0.3 is 0 Å². The Morgan fingerprint density at radius 2 is 2.15 bits per heavy atom. The standard InChI is InChI=1S/C19H21FN2O3S/c20-17-6-2-1-4-14(17)13-26-9-7-21-19(24)15-10-18(23)22(11-15)12-16-5-3-8-25-16/h1-6,8,15H,7,9-13H2,(H,21,24). The maximum atomic E-state index is 13.5. The third-order valence-corrected chi connectivity index (χ3v) is 5.28. The van der Waals surface area contributed by atoms with Gasteiger partial charge in [0.05, 0.1) is 18.7 Å². The molecule has 1 saturated heterocycles. The van der Waals surface area contributed by atoms with Gasteiger partial charge in [-0.1, -0.05) is 18.2 Å². The van der Waals surface area contributed by atoms with E-state index in [-0.39, 0.29) is 30.0 Å². The molecule has 1 fully saturated rings. The number of nitrogens with zero attached hydrogens (tertiary/aromatic N) is 1. The van der Waals surface area contributed by atoms with E-state index < -0.39 is 0 Å². The lowest BCUT2D eigenvalue weighted by molar-refractivity contribution is -0.129. The molecule has 7 heteroatoms. The summed E-state index contributed by atoms with van der Waals surface area (Å²) in [6, 6.07) is 10.3. The maximum Gasteiger partial charge on any atom is 0.225 e. The zero-order valence-electron chi connectivity index (χ0n) is 14.3. The van der Waals surface area contributed by atoms with Crippen molar-refractivity contribution in [2.75, 3.05) is 18.8 Å². The Morgan fingerprint density at radius 1 is 1.31 bits per heavy atom. The third kappa shape index (κ3) is 4.88. The first kappa shape index (κ1) is 18.5. The van der Waals surface area contributed by atoms with Crippen LogP contribution in [0, 0.1) is 11.7 Å². The number of rotatable bonds is 8. The number of nitrogens with one attached hydrogen (secondary N) is 1. The monoisotopic (exact) mass is 376 g/mol. The number of hydrogen-bond donors (Lipinski definition) is 1. The molecule has 1 unspecified atom stereocenters. The highest BCUT2D eigenvalue weighted by atomic mass is 32.2. The highest BCUT2D eigenvalue weighted by Gasteiger charge is 2.34. The molecule has 2 amide bonds. The van der Waals surface area contributed by atoms with Gasteiger partial charge < -0.3 is 14.6 Å². The van der Waals surface area contributed by atoms with Crippen molar-refractivity contribution in [1.29, 1.82) is 0 Å². The molecule has 1 N–H and O–H groups in total. The number of benzene rings is 1. The van der Waals surface area contributed by atoms with E-state index in [0.717, 1.165) is 0 Å². The number of amides is 2. The number of likely N-dealkylation sites (tertiary alicyclic amines) is 1. The number of carbonyl (C=O) groups is 2. The quantitative estimate of drug-likeness (QED) is 0.720. The molecule has 5 nitrogen and oxygen atoms in total. The van der Waals surface area contributed by atoms with Gasteiger partial charge in [-0.2, -0.15) is 11.8 Å². The minimum absolute atomic E-state index is 0.0320. The average molecular weight is 376 g/mol. The van der Waals surface area contributed by atoms with Gasteiger partial charge in [-0.05, 0) is 23.8 Å². The summed E-state index contributed by atoms with van der Waals surface area (Å²) in [5.74, 6) is 1.31. The summed E-state index contributed by atoms with van der Waals surface area (Å²) in [4.78, 5) is 25.9. The molecule has 1 aromatic carbocycles. The Labute approximate surface area is 155 Å². The van der Waals surface area contributed by atoms with E-state index in [0.29, 0.717) is 42.5 Å². The molecule has 1 atom stereocenters. The number of carbonyl (C=O) groups excluding carboxylic acids is 2. The molecular formula is C19H21FN2O3S. The molecule has 0 aliphatic carbocycles. The van der Waals surface area contributed by atoms with Crippen molar-refractivity contribution in [3.63, 3.8) is 0 Å². The van der Waals surface area contributed by atoms with E-state index in [2.05, 4.69) is 5.32 Å². The second kappa shape index (κ2) is 8.89. The van der Waals surface area contributed by atoms with Gasteiger partial charge in [0.25, 0.3) is 0 Å². The maximum absolute atomic E-state index is 13.5. The normalized spacial score (nSPS) is 16.9. The summed E-state index contributed by atoms with van der Waals surface area (Å²) in [5, 5.41) is 2.87. The van der Waals surface area contributed by atoms with Gasteiger partial charge in [-0.3, -0.25) is 9.59 Å². The van der Waals surface area contributed by atoms with E-state index in [1.807, 2.05) is 12.1 Å². The van der Waals surface area contributed by atoms with E-state index in [4.69, 9.17) is 4.42 Å². The van der Waals surface area contributed by atoms with Crippen LogP contribution in [0.5, 0.6) is 0 Å². The molecule has 0 radical (unpaired) electrons.